The summed E-state index contributed by atoms with van der Waals surface area (Å²) in [6.07, 6.45) is 3.70. The third-order valence-corrected chi connectivity index (χ3v) is 2.11. The molecule has 0 heterocycles. The molecular formula is C10H21O. The van der Waals surface area contributed by atoms with Gasteiger partial charge in [0.15, 0.2) is 0 Å². The standard InChI is InChI=1S/C10H21O/c1-5-7-8-11-10(4)9(3)6-2/h9-10H,4-8H2,1-3H3. The van der Waals surface area contributed by atoms with Crippen LogP contribution in [0.25, 0.3) is 0 Å². The Morgan fingerprint density at radius 2 is 2.00 bits per heavy atom. The molecule has 0 fully saturated rings. The zero-order valence-electron chi connectivity index (χ0n) is 8.10. The van der Waals surface area contributed by atoms with Gasteiger partial charge >= 0.3 is 0 Å². The lowest BCUT2D eigenvalue weighted by Crippen LogP contribution is -2.18. The van der Waals surface area contributed by atoms with Crippen LogP contribution in [-0.2, 0) is 4.74 Å². The smallest absolute Gasteiger partial charge is 0.0601 e. The predicted molar refractivity (Wildman–Crippen MR) is 49.5 cm³/mol. The summed E-state index contributed by atoms with van der Waals surface area (Å²) in [5.41, 5.74) is 0. The summed E-state index contributed by atoms with van der Waals surface area (Å²) in [7, 11) is 0. The number of rotatable bonds is 6. The maximum Gasteiger partial charge on any atom is 0.0601 e. The second kappa shape index (κ2) is 6.66. The molecular weight excluding hydrogens is 136 g/mol. The van der Waals surface area contributed by atoms with Gasteiger partial charge in [-0.3, -0.25) is 0 Å². The average Bonchev–Trinajstić information content (AvgIpc) is 2.03. The number of hydrogen-bond acceptors (Lipinski definition) is 1. The minimum atomic E-state index is 0.187. The van der Waals surface area contributed by atoms with Gasteiger partial charge in [0.2, 0.25) is 0 Å². The van der Waals surface area contributed by atoms with Crippen LogP contribution >= 0.6 is 0 Å². The molecule has 0 saturated heterocycles. The van der Waals surface area contributed by atoms with Crippen molar-refractivity contribution >= 4 is 0 Å². The molecule has 0 saturated carbocycles. The Morgan fingerprint density at radius 1 is 1.36 bits per heavy atom. The molecule has 2 unspecified atom stereocenters. The van der Waals surface area contributed by atoms with E-state index in [0.29, 0.717) is 5.92 Å². The highest BCUT2D eigenvalue weighted by atomic mass is 16.5. The van der Waals surface area contributed by atoms with Gasteiger partial charge < -0.3 is 4.74 Å². The van der Waals surface area contributed by atoms with Gasteiger partial charge in [-0.2, -0.15) is 0 Å². The molecule has 0 aromatic heterocycles. The molecule has 11 heavy (non-hydrogen) atoms. The normalized spacial score (nSPS) is 16.4. The van der Waals surface area contributed by atoms with E-state index in [-0.39, 0.29) is 6.10 Å². The molecule has 0 bridgehead atoms. The monoisotopic (exact) mass is 157 g/mol. The highest BCUT2D eigenvalue weighted by Crippen LogP contribution is 2.10. The summed E-state index contributed by atoms with van der Waals surface area (Å²) in [6.45, 7) is 11.4. The van der Waals surface area contributed by atoms with Gasteiger partial charge in [-0.25, -0.2) is 0 Å². The van der Waals surface area contributed by atoms with Crippen molar-refractivity contribution in [3.05, 3.63) is 6.92 Å². The third-order valence-electron chi connectivity index (χ3n) is 2.11. The molecule has 0 aromatic rings. The van der Waals surface area contributed by atoms with Crippen LogP contribution in [0.5, 0.6) is 0 Å². The Labute approximate surface area is 71.1 Å². The minimum Gasteiger partial charge on any atom is -0.378 e. The maximum absolute atomic E-state index is 5.52. The fourth-order valence-corrected chi connectivity index (χ4v) is 0.806. The van der Waals surface area contributed by atoms with Gasteiger partial charge in [0.25, 0.3) is 0 Å². The van der Waals surface area contributed by atoms with E-state index in [1.165, 1.54) is 6.42 Å². The molecule has 1 heteroatoms. The van der Waals surface area contributed by atoms with Crippen LogP contribution < -0.4 is 0 Å². The van der Waals surface area contributed by atoms with Crippen molar-refractivity contribution in [3.63, 3.8) is 0 Å². The topological polar surface area (TPSA) is 9.23 Å². The molecule has 0 aliphatic carbocycles. The zero-order chi connectivity index (χ0) is 8.69. The molecule has 0 N–H and O–H groups in total. The Bertz CT molecular complexity index is 80.9. The van der Waals surface area contributed by atoms with E-state index in [1.54, 1.807) is 0 Å². The van der Waals surface area contributed by atoms with E-state index < -0.39 is 0 Å². The van der Waals surface area contributed by atoms with E-state index in [1.807, 2.05) is 0 Å². The van der Waals surface area contributed by atoms with E-state index in [0.717, 1.165) is 19.4 Å². The lowest BCUT2D eigenvalue weighted by Gasteiger charge is -2.18. The van der Waals surface area contributed by atoms with Gasteiger partial charge in [0, 0.05) is 6.61 Å². The van der Waals surface area contributed by atoms with Crippen molar-refractivity contribution in [1.29, 1.82) is 0 Å². The fourth-order valence-electron chi connectivity index (χ4n) is 0.806. The summed E-state index contributed by atoms with van der Waals surface area (Å²) in [5, 5.41) is 0. The van der Waals surface area contributed by atoms with E-state index >= 15 is 0 Å². The van der Waals surface area contributed by atoms with E-state index in [9.17, 15) is 0 Å². The fraction of sp³-hybridized carbons (Fsp3) is 0.900. The summed E-state index contributed by atoms with van der Waals surface area (Å²) >= 11 is 0. The van der Waals surface area contributed by atoms with Crippen molar-refractivity contribution in [1.82, 2.24) is 0 Å². The molecule has 0 amide bonds. The number of hydrogen-bond donors (Lipinski definition) is 0. The first-order valence-electron chi connectivity index (χ1n) is 4.67. The van der Waals surface area contributed by atoms with Crippen LogP contribution in [0.2, 0.25) is 0 Å². The molecule has 1 radical (unpaired) electrons. The molecule has 0 aliphatic rings. The van der Waals surface area contributed by atoms with E-state index in [4.69, 9.17) is 4.74 Å². The van der Waals surface area contributed by atoms with Crippen LogP contribution in [0.3, 0.4) is 0 Å². The van der Waals surface area contributed by atoms with Gasteiger partial charge in [-0.15, -0.1) is 0 Å². The lowest BCUT2D eigenvalue weighted by molar-refractivity contribution is 0.0451. The van der Waals surface area contributed by atoms with Gasteiger partial charge in [0.05, 0.1) is 6.10 Å². The maximum atomic E-state index is 5.52. The van der Waals surface area contributed by atoms with Crippen molar-refractivity contribution in [2.45, 2.75) is 46.1 Å². The summed E-state index contributed by atoms with van der Waals surface area (Å²) in [5.74, 6) is 0.590. The van der Waals surface area contributed by atoms with Gasteiger partial charge in [-0.05, 0) is 19.3 Å². The summed E-state index contributed by atoms with van der Waals surface area (Å²) < 4.78 is 5.52. The highest BCUT2D eigenvalue weighted by molar-refractivity contribution is 4.66. The third kappa shape index (κ3) is 5.25. The van der Waals surface area contributed by atoms with Gasteiger partial charge in [-0.1, -0.05) is 33.6 Å². The Morgan fingerprint density at radius 3 is 2.45 bits per heavy atom. The van der Waals surface area contributed by atoms with Crippen LogP contribution in [0.15, 0.2) is 0 Å². The van der Waals surface area contributed by atoms with Crippen LogP contribution in [0, 0.1) is 12.8 Å². The Hall–Kier alpha value is -0.0400. The molecule has 0 aliphatic heterocycles. The van der Waals surface area contributed by atoms with Crippen LogP contribution in [-0.4, -0.2) is 12.7 Å². The molecule has 2 atom stereocenters. The van der Waals surface area contributed by atoms with Crippen molar-refractivity contribution in [2.75, 3.05) is 6.61 Å². The SMILES string of the molecule is [CH2]C(OCCCC)C(C)CC. The largest absolute Gasteiger partial charge is 0.378 e. The van der Waals surface area contributed by atoms with Gasteiger partial charge in [0.1, 0.15) is 0 Å². The second-order valence-electron chi connectivity index (χ2n) is 3.15. The molecule has 67 valence electrons. The van der Waals surface area contributed by atoms with Crippen LogP contribution in [0.1, 0.15) is 40.0 Å². The number of unbranched alkanes of at least 4 members (excludes halogenated alkanes) is 1. The quantitative estimate of drug-likeness (QED) is 0.538. The second-order valence-corrected chi connectivity index (χ2v) is 3.15. The van der Waals surface area contributed by atoms with E-state index in [2.05, 4.69) is 27.7 Å². The summed E-state index contributed by atoms with van der Waals surface area (Å²) in [4.78, 5) is 0. The van der Waals surface area contributed by atoms with Crippen molar-refractivity contribution < 1.29 is 4.74 Å². The first-order valence-corrected chi connectivity index (χ1v) is 4.67. The average molecular weight is 157 g/mol. The van der Waals surface area contributed by atoms with Crippen LogP contribution in [0.4, 0.5) is 0 Å². The van der Waals surface area contributed by atoms with Crippen molar-refractivity contribution in [3.8, 4) is 0 Å². The van der Waals surface area contributed by atoms with Crippen molar-refractivity contribution in [2.24, 2.45) is 5.92 Å². The molecule has 0 spiro atoms. The lowest BCUT2D eigenvalue weighted by atomic mass is 10.0. The Kier molecular flexibility index (Phi) is 6.63. The first-order chi connectivity index (χ1) is 5.22. The number of ether oxygens (including phenoxy) is 1. The summed E-state index contributed by atoms with van der Waals surface area (Å²) in [6, 6.07) is 0. The molecule has 0 aromatic carbocycles. The minimum absolute atomic E-state index is 0.187. The predicted octanol–water partition coefficient (Wildman–Crippen LogP) is 3.05. The first kappa shape index (κ1) is 11.0. The molecule has 1 nitrogen and oxygen atoms in total. The molecule has 0 rings (SSSR count). The zero-order valence-corrected chi connectivity index (χ0v) is 8.10. The Balaban J connectivity index is 3.28. The highest BCUT2D eigenvalue weighted by Gasteiger charge is 2.09.